The predicted molar refractivity (Wildman–Crippen MR) is 76.5 cm³/mol. The van der Waals surface area contributed by atoms with Crippen molar-refractivity contribution in [2.24, 2.45) is 0 Å². The lowest BCUT2D eigenvalue weighted by molar-refractivity contribution is -0.159. The molecule has 1 aliphatic rings. The van der Waals surface area contributed by atoms with E-state index in [4.69, 9.17) is 15.6 Å². The first kappa shape index (κ1) is 14.8. The molecule has 6 nitrogen and oxygen atoms in total. The highest BCUT2D eigenvalue weighted by atomic mass is 79.9. The third kappa shape index (κ3) is 3.10. The molecule has 1 amide bonds. The Balaban J connectivity index is 1.96. The fourth-order valence-corrected chi connectivity index (χ4v) is 2.34. The highest BCUT2D eigenvalue weighted by molar-refractivity contribution is 9.10. The molecule has 108 valence electrons. The molecule has 0 aromatic heterocycles. The van der Waals surface area contributed by atoms with Gasteiger partial charge in [-0.05, 0) is 41.1 Å². The summed E-state index contributed by atoms with van der Waals surface area (Å²) in [4.78, 5) is 24.3. The van der Waals surface area contributed by atoms with Crippen molar-refractivity contribution in [3.8, 4) is 0 Å². The molecule has 0 bridgehead atoms. The summed E-state index contributed by atoms with van der Waals surface area (Å²) >= 11 is 3.27. The van der Waals surface area contributed by atoms with E-state index in [-0.39, 0.29) is 12.5 Å². The lowest BCUT2D eigenvalue weighted by Gasteiger charge is -2.47. The number of ether oxygens (including phenoxy) is 1. The summed E-state index contributed by atoms with van der Waals surface area (Å²) in [5.74, 6) is -1.16. The number of nitrogens with two attached hydrogens (primary N) is 1. The summed E-state index contributed by atoms with van der Waals surface area (Å²) in [6.07, 6.45) is 0. The van der Waals surface area contributed by atoms with Crippen LogP contribution in [0.1, 0.15) is 17.3 Å². The lowest BCUT2D eigenvalue weighted by Crippen LogP contribution is -2.63. The van der Waals surface area contributed by atoms with E-state index >= 15 is 0 Å². The second-order valence-electron chi connectivity index (χ2n) is 5.03. The number of nitrogens with zero attached hydrogens (tertiary/aromatic N) is 1. The van der Waals surface area contributed by atoms with Crippen molar-refractivity contribution in [2.75, 3.05) is 25.4 Å². The molecule has 1 fully saturated rings. The van der Waals surface area contributed by atoms with E-state index in [2.05, 4.69) is 15.9 Å². The third-order valence-electron chi connectivity index (χ3n) is 3.12. The van der Waals surface area contributed by atoms with Crippen LogP contribution in [-0.2, 0) is 9.53 Å². The van der Waals surface area contributed by atoms with Gasteiger partial charge in [-0.2, -0.15) is 0 Å². The first-order valence-corrected chi connectivity index (χ1v) is 6.80. The van der Waals surface area contributed by atoms with Gasteiger partial charge in [0.15, 0.2) is 0 Å². The summed E-state index contributed by atoms with van der Waals surface area (Å²) in [6.45, 7) is 2.17. The minimum Gasteiger partial charge on any atom is -0.480 e. The van der Waals surface area contributed by atoms with Crippen LogP contribution in [0.5, 0.6) is 0 Å². The molecular formula is C13H15BrN2O4. The van der Waals surface area contributed by atoms with E-state index in [9.17, 15) is 9.59 Å². The summed E-state index contributed by atoms with van der Waals surface area (Å²) in [5.41, 5.74) is 6.16. The molecule has 1 aliphatic heterocycles. The first-order chi connectivity index (χ1) is 9.31. The van der Waals surface area contributed by atoms with Crippen molar-refractivity contribution in [3.63, 3.8) is 0 Å². The second-order valence-corrected chi connectivity index (χ2v) is 5.88. The molecule has 1 heterocycles. The van der Waals surface area contributed by atoms with Crippen molar-refractivity contribution in [1.29, 1.82) is 0 Å². The van der Waals surface area contributed by atoms with Crippen LogP contribution in [-0.4, -0.2) is 47.2 Å². The van der Waals surface area contributed by atoms with Gasteiger partial charge in [0.1, 0.15) is 12.2 Å². The first-order valence-electron chi connectivity index (χ1n) is 6.01. The Hall–Kier alpha value is -1.60. The predicted octanol–water partition coefficient (Wildman–Crippen LogP) is 1.35. The minimum atomic E-state index is -1.02. The Bertz CT molecular complexity index is 555. The van der Waals surface area contributed by atoms with Crippen LogP contribution < -0.4 is 5.73 Å². The standard InChI is InChI=1S/C13H15BrN2O4/c1-13(20-5-11(17)18)6-16(7-13)12(19)8-2-3-9(14)10(15)4-8/h2-4H,5-7,15H2,1H3,(H,17,18). The van der Waals surface area contributed by atoms with Gasteiger partial charge in [0.25, 0.3) is 5.91 Å². The molecule has 1 saturated heterocycles. The van der Waals surface area contributed by atoms with Crippen LogP contribution in [0.2, 0.25) is 0 Å². The van der Waals surface area contributed by atoms with Crippen LogP contribution in [0.25, 0.3) is 0 Å². The van der Waals surface area contributed by atoms with Gasteiger partial charge in [-0.3, -0.25) is 4.79 Å². The molecule has 7 heteroatoms. The maximum atomic E-state index is 12.2. The Morgan fingerprint density at radius 2 is 2.15 bits per heavy atom. The minimum absolute atomic E-state index is 0.138. The number of benzene rings is 1. The van der Waals surface area contributed by atoms with Crippen LogP contribution in [0, 0.1) is 0 Å². The Morgan fingerprint density at radius 1 is 1.50 bits per heavy atom. The fourth-order valence-electron chi connectivity index (χ4n) is 2.09. The quantitative estimate of drug-likeness (QED) is 0.805. The monoisotopic (exact) mass is 342 g/mol. The molecule has 0 radical (unpaired) electrons. The number of anilines is 1. The number of carboxylic acids is 1. The van der Waals surface area contributed by atoms with Crippen LogP contribution >= 0.6 is 15.9 Å². The topological polar surface area (TPSA) is 92.9 Å². The van der Waals surface area contributed by atoms with Crippen molar-refractivity contribution >= 4 is 33.5 Å². The molecule has 0 atom stereocenters. The van der Waals surface area contributed by atoms with E-state index in [1.807, 2.05) is 0 Å². The van der Waals surface area contributed by atoms with E-state index in [0.717, 1.165) is 4.47 Å². The molecular weight excluding hydrogens is 328 g/mol. The summed E-state index contributed by atoms with van der Waals surface area (Å²) in [5, 5.41) is 8.58. The average Bonchev–Trinajstić information content (AvgIpc) is 2.35. The normalized spacial score (nSPS) is 16.6. The highest BCUT2D eigenvalue weighted by Gasteiger charge is 2.42. The van der Waals surface area contributed by atoms with Crippen LogP contribution in [0.15, 0.2) is 22.7 Å². The second kappa shape index (κ2) is 5.41. The van der Waals surface area contributed by atoms with Gasteiger partial charge in [0.05, 0.1) is 13.1 Å². The van der Waals surface area contributed by atoms with Gasteiger partial charge in [-0.15, -0.1) is 0 Å². The van der Waals surface area contributed by atoms with E-state index < -0.39 is 11.6 Å². The maximum Gasteiger partial charge on any atom is 0.329 e. The van der Waals surface area contributed by atoms with Crippen molar-refractivity contribution in [2.45, 2.75) is 12.5 Å². The van der Waals surface area contributed by atoms with Crippen molar-refractivity contribution < 1.29 is 19.4 Å². The SMILES string of the molecule is CC1(OCC(=O)O)CN(C(=O)c2ccc(Br)c(N)c2)C1. The van der Waals surface area contributed by atoms with Crippen LogP contribution in [0.4, 0.5) is 5.69 Å². The van der Waals surface area contributed by atoms with Crippen molar-refractivity contribution in [1.82, 2.24) is 4.90 Å². The number of carbonyl (C=O) groups excluding carboxylic acids is 1. The number of hydrogen-bond donors (Lipinski definition) is 2. The molecule has 3 N–H and O–H groups in total. The zero-order valence-electron chi connectivity index (χ0n) is 10.9. The average molecular weight is 343 g/mol. The number of rotatable bonds is 4. The van der Waals surface area contributed by atoms with Gasteiger partial charge in [0, 0.05) is 15.7 Å². The van der Waals surface area contributed by atoms with Gasteiger partial charge >= 0.3 is 5.97 Å². The number of carboxylic acid groups (broad SMARTS) is 1. The smallest absolute Gasteiger partial charge is 0.329 e. The molecule has 0 saturated carbocycles. The Kier molecular flexibility index (Phi) is 4.01. The number of halogens is 1. The van der Waals surface area contributed by atoms with Gasteiger partial charge < -0.3 is 20.5 Å². The Labute approximate surface area is 124 Å². The molecule has 1 aromatic rings. The fraction of sp³-hybridized carbons (Fsp3) is 0.385. The number of carbonyl (C=O) groups is 2. The lowest BCUT2D eigenvalue weighted by atomic mass is 9.95. The summed E-state index contributed by atoms with van der Waals surface area (Å²) in [7, 11) is 0. The molecule has 20 heavy (non-hydrogen) atoms. The summed E-state index contributed by atoms with van der Waals surface area (Å²) in [6, 6.07) is 5.03. The number of likely N-dealkylation sites (tertiary alicyclic amines) is 1. The number of aliphatic carboxylic acids is 1. The molecule has 1 aromatic carbocycles. The third-order valence-corrected chi connectivity index (χ3v) is 3.85. The van der Waals surface area contributed by atoms with Gasteiger partial charge in [0.2, 0.25) is 0 Å². The maximum absolute atomic E-state index is 12.2. The Morgan fingerprint density at radius 3 is 2.70 bits per heavy atom. The molecule has 2 rings (SSSR count). The van der Waals surface area contributed by atoms with E-state index in [1.54, 1.807) is 30.0 Å². The van der Waals surface area contributed by atoms with Gasteiger partial charge in [-0.25, -0.2) is 4.79 Å². The van der Waals surface area contributed by atoms with Gasteiger partial charge in [-0.1, -0.05) is 0 Å². The zero-order valence-corrected chi connectivity index (χ0v) is 12.5. The molecule has 0 spiro atoms. The van der Waals surface area contributed by atoms with E-state index in [1.165, 1.54) is 0 Å². The molecule has 0 aliphatic carbocycles. The van der Waals surface area contributed by atoms with E-state index in [0.29, 0.717) is 24.3 Å². The summed E-state index contributed by atoms with van der Waals surface area (Å²) < 4.78 is 6.00. The van der Waals surface area contributed by atoms with Crippen molar-refractivity contribution in [3.05, 3.63) is 28.2 Å². The highest BCUT2D eigenvalue weighted by Crippen LogP contribution is 2.28. The number of hydrogen-bond acceptors (Lipinski definition) is 4. The molecule has 0 unspecified atom stereocenters. The number of amides is 1. The van der Waals surface area contributed by atoms with Crippen LogP contribution in [0.3, 0.4) is 0 Å². The number of nitrogen functional groups attached to an aromatic ring is 1. The zero-order chi connectivity index (χ0) is 14.9. The largest absolute Gasteiger partial charge is 0.480 e.